The van der Waals surface area contributed by atoms with Crippen molar-refractivity contribution in [1.29, 1.82) is 0 Å². The molecular formula is C19H28N6S. The number of pyridine rings is 1. The maximum Gasteiger partial charge on any atom is 0.191 e. The van der Waals surface area contributed by atoms with E-state index in [1.165, 1.54) is 10.4 Å². The first-order valence-corrected chi connectivity index (χ1v) is 9.98. The van der Waals surface area contributed by atoms with E-state index in [0.717, 1.165) is 50.9 Å². The molecule has 0 spiro atoms. The molecule has 6 nitrogen and oxygen atoms in total. The first-order valence-electron chi connectivity index (χ1n) is 9.10. The first kappa shape index (κ1) is 18.7. The van der Waals surface area contributed by atoms with Gasteiger partial charge in [-0.05, 0) is 31.0 Å². The summed E-state index contributed by atoms with van der Waals surface area (Å²) in [5, 5.41) is 8.92. The minimum absolute atomic E-state index is 0.716. The highest BCUT2D eigenvalue weighted by molar-refractivity contribution is 7.09. The molecule has 1 aliphatic rings. The molecular weight excluding hydrogens is 344 g/mol. The molecule has 2 aromatic rings. The Morgan fingerprint density at radius 2 is 2.04 bits per heavy atom. The molecule has 140 valence electrons. The predicted octanol–water partition coefficient (Wildman–Crippen LogP) is 1.80. The number of nitrogens with one attached hydrogen (secondary N) is 2. The third-order valence-corrected chi connectivity index (χ3v) is 5.52. The van der Waals surface area contributed by atoms with Gasteiger partial charge in [-0.3, -0.25) is 4.99 Å². The van der Waals surface area contributed by atoms with Gasteiger partial charge < -0.3 is 20.4 Å². The molecule has 7 heteroatoms. The largest absolute Gasteiger partial charge is 0.356 e. The summed E-state index contributed by atoms with van der Waals surface area (Å²) in [5.74, 6) is 1.91. The Kier molecular flexibility index (Phi) is 6.85. The van der Waals surface area contributed by atoms with Gasteiger partial charge in [0.25, 0.3) is 0 Å². The fraction of sp³-hybridized carbons (Fsp3) is 0.474. The standard InChI is InChI=1S/C19H28N6S/c1-20-19(22-9-7-17-6-4-14-26-17)23-15-16-5-3-8-21-18(16)25-12-10-24(2)11-13-25/h3-6,8,14H,7,9-13,15H2,1-2H3,(H2,20,22,23). The Hall–Kier alpha value is -2.12. The van der Waals surface area contributed by atoms with E-state index in [-0.39, 0.29) is 0 Å². The van der Waals surface area contributed by atoms with Crippen molar-refractivity contribution in [3.8, 4) is 0 Å². The van der Waals surface area contributed by atoms with E-state index in [9.17, 15) is 0 Å². The molecule has 1 saturated heterocycles. The number of guanidine groups is 1. The van der Waals surface area contributed by atoms with Crippen LogP contribution in [0.1, 0.15) is 10.4 Å². The highest BCUT2D eigenvalue weighted by Crippen LogP contribution is 2.18. The van der Waals surface area contributed by atoms with Crippen LogP contribution in [0.25, 0.3) is 0 Å². The van der Waals surface area contributed by atoms with Gasteiger partial charge in [-0.1, -0.05) is 12.1 Å². The van der Waals surface area contributed by atoms with Gasteiger partial charge in [-0.15, -0.1) is 11.3 Å². The van der Waals surface area contributed by atoms with Gasteiger partial charge in [-0.2, -0.15) is 0 Å². The number of aromatic nitrogens is 1. The van der Waals surface area contributed by atoms with Crippen LogP contribution in [0.15, 0.2) is 40.8 Å². The van der Waals surface area contributed by atoms with Gasteiger partial charge in [0.2, 0.25) is 0 Å². The topological polar surface area (TPSA) is 55.8 Å². The third kappa shape index (κ3) is 5.19. The number of anilines is 1. The molecule has 3 rings (SSSR count). The van der Waals surface area contributed by atoms with E-state index in [1.54, 1.807) is 11.3 Å². The van der Waals surface area contributed by atoms with E-state index in [0.29, 0.717) is 6.54 Å². The SMILES string of the molecule is CN=C(NCCc1cccs1)NCc1cccnc1N1CCN(C)CC1. The summed E-state index contributed by atoms with van der Waals surface area (Å²) >= 11 is 1.79. The molecule has 0 aromatic carbocycles. The second kappa shape index (κ2) is 9.54. The van der Waals surface area contributed by atoms with Crippen LogP contribution in [0, 0.1) is 0 Å². The van der Waals surface area contributed by atoms with E-state index in [4.69, 9.17) is 0 Å². The second-order valence-electron chi connectivity index (χ2n) is 6.46. The number of hydrogen-bond acceptors (Lipinski definition) is 5. The Morgan fingerprint density at radius 3 is 2.77 bits per heavy atom. The van der Waals surface area contributed by atoms with E-state index in [2.05, 4.69) is 61.0 Å². The minimum Gasteiger partial charge on any atom is -0.356 e. The van der Waals surface area contributed by atoms with Crippen molar-refractivity contribution in [3.05, 3.63) is 46.3 Å². The first-order chi connectivity index (χ1) is 12.8. The minimum atomic E-state index is 0.716. The summed E-state index contributed by atoms with van der Waals surface area (Å²) < 4.78 is 0. The Morgan fingerprint density at radius 1 is 1.19 bits per heavy atom. The van der Waals surface area contributed by atoms with Crippen molar-refractivity contribution in [3.63, 3.8) is 0 Å². The van der Waals surface area contributed by atoms with Crippen molar-refractivity contribution in [2.45, 2.75) is 13.0 Å². The summed E-state index contributed by atoms with van der Waals surface area (Å²) in [6.07, 6.45) is 2.89. The van der Waals surface area contributed by atoms with Crippen molar-refractivity contribution >= 4 is 23.1 Å². The van der Waals surface area contributed by atoms with Gasteiger partial charge in [0.1, 0.15) is 5.82 Å². The lowest BCUT2D eigenvalue weighted by molar-refractivity contribution is 0.312. The number of aliphatic imine (C=N–C) groups is 1. The zero-order valence-corrected chi connectivity index (χ0v) is 16.4. The van der Waals surface area contributed by atoms with Crippen molar-refractivity contribution < 1.29 is 0 Å². The molecule has 0 atom stereocenters. The molecule has 0 unspecified atom stereocenters. The number of hydrogen-bond donors (Lipinski definition) is 2. The average Bonchev–Trinajstić information content (AvgIpc) is 3.19. The molecule has 26 heavy (non-hydrogen) atoms. The lowest BCUT2D eigenvalue weighted by atomic mass is 10.2. The molecule has 0 radical (unpaired) electrons. The molecule has 0 aliphatic carbocycles. The van der Waals surface area contributed by atoms with Crippen LogP contribution in [0.2, 0.25) is 0 Å². The average molecular weight is 373 g/mol. The van der Waals surface area contributed by atoms with Gasteiger partial charge in [-0.25, -0.2) is 4.98 Å². The van der Waals surface area contributed by atoms with Crippen molar-refractivity contribution in [2.24, 2.45) is 4.99 Å². The quantitative estimate of drug-likeness (QED) is 0.598. The third-order valence-electron chi connectivity index (χ3n) is 4.58. The smallest absolute Gasteiger partial charge is 0.191 e. The number of rotatable bonds is 6. The van der Waals surface area contributed by atoms with Gasteiger partial charge >= 0.3 is 0 Å². The van der Waals surface area contributed by atoms with E-state index in [1.807, 2.05) is 19.3 Å². The Balaban J connectivity index is 1.53. The summed E-state index contributed by atoms with van der Waals surface area (Å²) in [7, 11) is 3.98. The highest BCUT2D eigenvalue weighted by atomic mass is 32.1. The zero-order chi connectivity index (χ0) is 18.2. The summed E-state index contributed by atoms with van der Waals surface area (Å²) in [6, 6.07) is 8.41. The Bertz CT molecular complexity index is 692. The van der Waals surface area contributed by atoms with Gasteiger partial charge in [0, 0.05) is 63.0 Å². The summed E-state index contributed by atoms with van der Waals surface area (Å²) in [4.78, 5) is 15.1. The Labute approximate surface area is 160 Å². The molecule has 0 saturated carbocycles. The number of thiophene rings is 1. The molecule has 2 aromatic heterocycles. The van der Waals surface area contributed by atoms with Crippen LogP contribution < -0.4 is 15.5 Å². The van der Waals surface area contributed by atoms with Crippen LogP contribution in [-0.4, -0.2) is 62.7 Å². The molecule has 3 heterocycles. The van der Waals surface area contributed by atoms with Gasteiger partial charge in [0.05, 0.1) is 0 Å². The molecule has 0 bridgehead atoms. The molecule has 2 N–H and O–H groups in total. The lowest BCUT2D eigenvalue weighted by Gasteiger charge is -2.34. The van der Waals surface area contributed by atoms with Crippen LogP contribution in [-0.2, 0) is 13.0 Å². The second-order valence-corrected chi connectivity index (χ2v) is 7.49. The molecule has 1 aliphatic heterocycles. The maximum atomic E-state index is 4.64. The number of nitrogens with zero attached hydrogens (tertiary/aromatic N) is 4. The molecule has 0 amide bonds. The van der Waals surface area contributed by atoms with Gasteiger partial charge in [0.15, 0.2) is 5.96 Å². The number of piperazine rings is 1. The number of likely N-dealkylation sites (N-methyl/N-ethyl adjacent to an activating group) is 1. The van der Waals surface area contributed by atoms with E-state index < -0.39 is 0 Å². The zero-order valence-electron chi connectivity index (χ0n) is 15.6. The summed E-state index contributed by atoms with van der Waals surface area (Å²) in [6.45, 7) is 5.79. The van der Waals surface area contributed by atoms with E-state index >= 15 is 0 Å². The van der Waals surface area contributed by atoms with Crippen molar-refractivity contribution in [2.75, 3.05) is 51.7 Å². The fourth-order valence-corrected chi connectivity index (χ4v) is 3.74. The van der Waals surface area contributed by atoms with Crippen LogP contribution in [0.3, 0.4) is 0 Å². The predicted molar refractivity (Wildman–Crippen MR) is 110 cm³/mol. The van der Waals surface area contributed by atoms with Crippen LogP contribution in [0.4, 0.5) is 5.82 Å². The van der Waals surface area contributed by atoms with Crippen LogP contribution >= 0.6 is 11.3 Å². The van der Waals surface area contributed by atoms with Crippen molar-refractivity contribution in [1.82, 2.24) is 20.5 Å². The lowest BCUT2D eigenvalue weighted by Crippen LogP contribution is -2.45. The fourth-order valence-electron chi connectivity index (χ4n) is 3.03. The summed E-state index contributed by atoms with van der Waals surface area (Å²) in [5.41, 5.74) is 1.21. The maximum absolute atomic E-state index is 4.64. The monoisotopic (exact) mass is 372 g/mol. The van der Waals surface area contributed by atoms with Crippen LogP contribution in [0.5, 0.6) is 0 Å². The highest BCUT2D eigenvalue weighted by Gasteiger charge is 2.17. The molecule has 1 fully saturated rings. The normalized spacial score (nSPS) is 15.9.